The van der Waals surface area contributed by atoms with Gasteiger partial charge >= 0.3 is 0 Å². The van der Waals surface area contributed by atoms with Gasteiger partial charge in [0.15, 0.2) is 4.77 Å². The number of hydrogen-bond donors (Lipinski definition) is 2. The van der Waals surface area contributed by atoms with Crippen molar-refractivity contribution >= 4 is 18.2 Å². The molecule has 0 aromatic carbocycles. The van der Waals surface area contributed by atoms with Gasteiger partial charge in [-0.1, -0.05) is 0 Å². The molecule has 1 heterocycles. The van der Waals surface area contributed by atoms with Gasteiger partial charge in [-0.15, -0.1) is 5.10 Å². The predicted octanol–water partition coefficient (Wildman–Crippen LogP) is 1.67. The molecule has 0 bridgehead atoms. The molecule has 0 unspecified atom stereocenters. The Morgan fingerprint density at radius 1 is 1.62 bits per heavy atom. The fraction of sp³-hybridized carbons (Fsp3) is 0.750. The van der Waals surface area contributed by atoms with Crippen molar-refractivity contribution in [2.24, 2.45) is 5.92 Å². The van der Waals surface area contributed by atoms with Gasteiger partial charge in [0.2, 0.25) is 5.95 Å². The van der Waals surface area contributed by atoms with Crippen molar-refractivity contribution in [1.29, 1.82) is 0 Å². The van der Waals surface area contributed by atoms with E-state index in [9.17, 15) is 0 Å². The lowest BCUT2D eigenvalue weighted by molar-refractivity contribution is 0.305. The molecule has 1 aromatic rings. The lowest BCUT2D eigenvalue weighted by Crippen LogP contribution is -2.30. The summed E-state index contributed by atoms with van der Waals surface area (Å²) in [7, 11) is 0. The van der Waals surface area contributed by atoms with Crippen molar-refractivity contribution < 1.29 is 0 Å². The Hall–Kier alpha value is -0.840. The van der Waals surface area contributed by atoms with Crippen LogP contribution in [0.4, 0.5) is 5.95 Å². The van der Waals surface area contributed by atoms with Gasteiger partial charge < -0.3 is 5.73 Å². The number of nitrogens with two attached hydrogens (primary N) is 1. The quantitative estimate of drug-likeness (QED) is 0.711. The van der Waals surface area contributed by atoms with Crippen LogP contribution in [0, 0.1) is 10.7 Å². The van der Waals surface area contributed by atoms with Gasteiger partial charge in [0, 0.05) is 5.54 Å². The summed E-state index contributed by atoms with van der Waals surface area (Å²) in [5.41, 5.74) is 5.76. The van der Waals surface area contributed by atoms with Crippen LogP contribution in [0.25, 0.3) is 0 Å². The highest BCUT2D eigenvalue weighted by Gasteiger charge is 2.40. The summed E-state index contributed by atoms with van der Waals surface area (Å²) in [4.78, 5) is 0. The average molecular weight is 198 g/mol. The van der Waals surface area contributed by atoms with Crippen LogP contribution in [0.15, 0.2) is 0 Å². The first kappa shape index (κ1) is 8.74. The lowest BCUT2D eigenvalue weighted by atomic mass is 9.99. The van der Waals surface area contributed by atoms with Crippen molar-refractivity contribution in [1.82, 2.24) is 14.8 Å². The minimum Gasteiger partial charge on any atom is -0.368 e. The minimum atomic E-state index is 0.00810. The van der Waals surface area contributed by atoms with E-state index in [0.29, 0.717) is 16.6 Å². The molecule has 0 amide bonds. The first-order valence-electron chi connectivity index (χ1n) is 4.47. The fourth-order valence-electron chi connectivity index (χ4n) is 1.84. The molecule has 0 atom stereocenters. The van der Waals surface area contributed by atoms with Crippen LogP contribution in [-0.2, 0) is 5.54 Å². The van der Waals surface area contributed by atoms with Gasteiger partial charge in [-0.05, 0) is 44.8 Å². The fourth-order valence-corrected chi connectivity index (χ4v) is 2.21. The predicted molar refractivity (Wildman–Crippen MR) is 53.9 cm³/mol. The molecular weight excluding hydrogens is 184 g/mol. The Balaban J connectivity index is 2.49. The summed E-state index contributed by atoms with van der Waals surface area (Å²) in [6.07, 6.45) is 2.53. The Labute approximate surface area is 82.1 Å². The van der Waals surface area contributed by atoms with Crippen LogP contribution in [0.5, 0.6) is 0 Å². The SMILES string of the molecule is CC(C)(C1CC1)n1c(N)n[nH]c1=S. The second-order valence-electron chi connectivity index (χ2n) is 4.15. The lowest BCUT2D eigenvalue weighted by Gasteiger charge is -2.26. The summed E-state index contributed by atoms with van der Waals surface area (Å²) in [6, 6.07) is 0. The average Bonchev–Trinajstić information content (AvgIpc) is 2.79. The Morgan fingerprint density at radius 2 is 2.23 bits per heavy atom. The minimum absolute atomic E-state index is 0.00810. The number of hydrogen-bond acceptors (Lipinski definition) is 3. The summed E-state index contributed by atoms with van der Waals surface area (Å²) >= 11 is 5.13. The monoisotopic (exact) mass is 198 g/mol. The number of nitrogen functional groups attached to an aromatic ring is 1. The van der Waals surface area contributed by atoms with Gasteiger partial charge in [-0.2, -0.15) is 0 Å². The van der Waals surface area contributed by atoms with Crippen LogP contribution in [-0.4, -0.2) is 14.8 Å². The summed E-state index contributed by atoms with van der Waals surface area (Å²) < 4.78 is 2.54. The van der Waals surface area contributed by atoms with E-state index in [0.717, 1.165) is 0 Å². The second-order valence-corrected chi connectivity index (χ2v) is 4.54. The molecule has 1 aliphatic carbocycles. The number of rotatable bonds is 2. The molecule has 0 spiro atoms. The Bertz CT molecular complexity index is 372. The summed E-state index contributed by atoms with van der Waals surface area (Å²) in [5, 5.41) is 6.63. The smallest absolute Gasteiger partial charge is 0.220 e. The Kier molecular flexibility index (Phi) is 1.73. The Morgan fingerprint density at radius 3 is 2.62 bits per heavy atom. The number of anilines is 1. The van der Waals surface area contributed by atoms with Crippen molar-refractivity contribution in [3.8, 4) is 0 Å². The maximum Gasteiger partial charge on any atom is 0.220 e. The zero-order valence-corrected chi connectivity index (χ0v) is 8.69. The molecule has 13 heavy (non-hydrogen) atoms. The van der Waals surface area contributed by atoms with Gasteiger partial charge in [-0.3, -0.25) is 4.57 Å². The van der Waals surface area contributed by atoms with Crippen molar-refractivity contribution in [2.45, 2.75) is 32.2 Å². The van der Waals surface area contributed by atoms with Crippen LogP contribution in [0.3, 0.4) is 0 Å². The highest BCUT2D eigenvalue weighted by atomic mass is 32.1. The maximum absolute atomic E-state index is 5.75. The third-order valence-electron chi connectivity index (χ3n) is 2.85. The van der Waals surface area contributed by atoms with Gasteiger partial charge in [0.05, 0.1) is 0 Å². The standard InChI is InChI=1S/C8H14N4S/c1-8(2,5-3-4-5)12-6(9)10-11-7(12)13/h5H,3-4H2,1-2H3,(H2,9,10)(H,11,13). The van der Waals surface area contributed by atoms with Crippen molar-refractivity contribution in [3.05, 3.63) is 4.77 Å². The van der Waals surface area contributed by atoms with E-state index in [-0.39, 0.29) is 5.54 Å². The van der Waals surface area contributed by atoms with E-state index < -0.39 is 0 Å². The van der Waals surface area contributed by atoms with E-state index in [1.165, 1.54) is 12.8 Å². The number of aromatic amines is 1. The molecular formula is C8H14N4S. The molecule has 1 fully saturated rings. The number of nitrogens with zero attached hydrogens (tertiary/aromatic N) is 2. The molecule has 1 aromatic heterocycles. The molecule has 5 heteroatoms. The van der Waals surface area contributed by atoms with Crippen molar-refractivity contribution in [3.63, 3.8) is 0 Å². The first-order valence-corrected chi connectivity index (χ1v) is 4.87. The van der Waals surface area contributed by atoms with E-state index in [4.69, 9.17) is 18.0 Å². The van der Waals surface area contributed by atoms with Gasteiger partial charge in [0.25, 0.3) is 0 Å². The zero-order chi connectivity index (χ0) is 9.64. The summed E-state index contributed by atoms with van der Waals surface area (Å²) in [6.45, 7) is 4.32. The molecule has 0 saturated heterocycles. The maximum atomic E-state index is 5.75. The van der Waals surface area contributed by atoms with Gasteiger partial charge in [-0.25, -0.2) is 5.10 Å². The molecule has 3 N–H and O–H groups in total. The normalized spacial score (nSPS) is 17.7. The third kappa shape index (κ3) is 1.27. The van der Waals surface area contributed by atoms with Crippen LogP contribution in [0.1, 0.15) is 26.7 Å². The van der Waals surface area contributed by atoms with E-state index in [1.807, 2.05) is 4.57 Å². The highest BCUT2D eigenvalue weighted by Crippen LogP contribution is 2.44. The number of aromatic nitrogens is 3. The van der Waals surface area contributed by atoms with E-state index in [2.05, 4.69) is 24.0 Å². The van der Waals surface area contributed by atoms with Gasteiger partial charge in [0.1, 0.15) is 0 Å². The van der Waals surface area contributed by atoms with E-state index in [1.54, 1.807) is 0 Å². The second kappa shape index (κ2) is 2.57. The molecule has 2 rings (SSSR count). The van der Waals surface area contributed by atoms with Crippen LogP contribution < -0.4 is 5.73 Å². The summed E-state index contributed by atoms with van der Waals surface area (Å²) in [5.74, 6) is 1.18. The molecule has 0 aliphatic heterocycles. The number of H-pyrrole nitrogens is 1. The molecule has 1 aliphatic rings. The topological polar surface area (TPSA) is 59.6 Å². The largest absolute Gasteiger partial charge is 0.368 e. The van der Waals surface area contributed by atoms with E-state index >= 15 is 0 Å². The third-order valence-corrected chi connectivity index (χ3v) is 3.12. The molecule has 1 saturated carbocycles. The van der Waals surface area contributed by atoms with Crippen LogP contribution >= 0.6 is 12.2 Å². The molecule has 72 valence electrons. The zero-order valence-electron chi connectivity index (χ0n) is 7.87. The van der Waals surface area contributed by atoms with Crippen molar-refractivity contribution in [2.75, 3.05) is 5.73 Å². The highest BCUT2D eigenvalue weighted by molar-refractivity contribution is 7.71. The van der Waals surface area contributed by atoms with Crippen LogP contribution in [0.2, 0.25) is 0 Å². The first-order chi connectivity index (χ1) is 6.03. The molecule has 0 radical (unpaired) electrons. The molecule has 4 nitrogen and oxygen atoms in total. The number of nitrogens with one attached hydrogen (secondary N) is 1.